The zero-order valence-electron chi connectivity index (χ0n) is 10.9. The molecule has 0 atom stereocenters. The van der Waals surface area contributed by atoms with Gasteiger partial charge in [-0.25, -0.2) is 0 Å². The molecule has 100 valence electrons. The summed E-state index contributed by atoms with van der Waals surface area (Å²) in [6.45, 7) is 4.18. The second kappa shape index (κ2) is 5.40. The van der Waals surface area contributed by atoms with Crippen LogP contribution in [0.15, 0.2) is 35.3 Å². The lowest BCUT2D eigenvalue weighted by Crippen LogP contribution is -2.26. The predicted molar refractivity (Wildman–Crippen MR) is 80.8 cm³/mol. The Morgan fingerprint density at radius 2 is 2.16 bits per heavy atom. The fraction of sp³-hybridized carbons (Fsp3) is 0.286. The van der Waals surface area contributed by atoms with Crippen LogP contribution in [-0.4, -0.2) is 15.7 Å². The van der Waals surface area contributed by atoms with Gasteiger partial charge in [0.15, 0.2) is 0 Å². The minimum absolute atomic E-state index is 0.0959. The van der Waals surface area contributed by atoms with Crippen molar-refractivity contribution in [1.82, 2.24) is 4.57 Å². The fourth-order valence-electron chi connectivity index (χ4n) is 1.90. The van der Waals surface area contributed by atoms with Crippen LogP contribution in [0.25, 0.3) is 10.8 Å². The van der Waals surface area contributed by atoms with Gasteiger partial charge in [0.1, 0.15) is 5.75 Å². The highest BCUT2D eigenvalue weighted by Crippen LogP contribution is 2.19. The van der Waals surface area contributed by atoms with Crippen molar-refractivity contribution in [3.63, 3.8) is 0 Å². The number of ether oxygens (including phenoxy) is 1. The van der Waals surface area contributed by atoms with Crippen LogP contribution in [0.4, 0.5) is 0 Å². The number of hydrogen-bond donors (Lipinski definition) is 1. The SMILES string of the molecule is CC(C)Oc1ccc2c(=O)n(CC(N)=S)ccc2c1. The lowest BCUT2D eigenvalue weighted by Gasteiger charge is -2.11. The number of benzene rings is 1. The third-order valence-corrected chi connectivity index (χ3v) is 2.78. The first-order chi connectivity index (χ1) is 8.97. The standard InChI is InChI=1S/C14H16N2O2S/c1-9(2)18-11-3-4-12-10(7-11)5-6-16(14(12)17)8-13(15)19/h3-7,9H,8H2,1-2H3,(H2,15,19). The van der Waals surface area contributed by atoms with E-state index in [0.717, 1.165) is 11.1 Å². The van der Waals surface area contributed by atoms with Crippen molar-refractivity contribution in [1.29, 1.82) is 0 Å². The van der Waals surface area contributed by atoms with Gasteiger partial charge in [-0.3, -0.25) is 4.79 Å². The molecule has 0 bridgehead atoms. The molecule has 0 amide bonds. The maximum atomic E-state index is 12.2. The van der Waals surface area contributed by atoms with Crippen molar-refractivity contribution in [2.24, 2.45) is 5.73 Å². The average molecular weight is 276 g/mol. The molecule has 2 rings (SSSR count). The number of nitrogens with zero attached hydrogens (tertiary/aromatic N) is 1. The van der Waals surface area contributed by atoms with Crippen molar-refractivity contribution in [2.45, 2.75) is 26.5 Å². The van der Waals surface area contributed by atoms with E-state index in [0.29, 0.717) is 10.4 Å². The summed E-state index contributed by atoms with van der Waals surface area (Å²) in [6, 6.07) is 7.30. The van der Waals surface area contributed by atoms with E-state index >= 15 is 0 Å². The Morgan fingerprint density at radius 1 is 1.42 bits per heavy atom. The van der Waals surface area contributed by atoms with E-state index < -0.39 is 0 Å². The Bertz CT molecular complexity index is 677. The van der Waals surface area contributed by atoms with Gasteiger partial charge >= 0.3 is 0 Å². The molecule has 0 aliphatic carbocycles. The van der Waals surface area contributed by atoms with Gasteiger partial charge in [0.25, 0.3) is 5.56 Å². The fourth-order valence-corrected chi connectivity index (χ4v) is 2.04. The molecule has 0 aliphatic rings. The molecule has 0 spiro atoms. The first-order valence-corrected chi connectivity index (χ1v) is 6.46. The first-order valence-electron chi connectivity index (χ1n) is 6.05. The highest BCUT2D eigenvalue weighted by atomic mass is 32.1. The van der Waals surface area contributed by atoms with Gasteiger partial charge < -0.3 is 15.0 Å². The van der Waals surface area contributed by atoms with Gasteiger partial charge in [-0.05, 0) is 43.5 Å². The molecule has 2 aromatic rings. The van der Waals surface area contributed by atoms with E-state index in [4.69, 9.17) is 22.7 Å². The highest BCUT2D eigenvalue weighted by Gasteiger charge is 2.05. The molecule has 0 aliphatic heterocycles. The number of nitrogens with two attached hydrogens (primary N) is 1. The maximum absolute atomic E-state index is 12.2. The lowest BCUT2D eigenvalue weighted by molar-refractivity contribution is 0.243. The summed E-state index contributed by atoms with van der Waals surface area (Å²) in [7, 11) is 0. The summed E-state index contributed by atoms with van der Waals surface area (Å²) in [4.78, 5) is 12.5. The second-order valence-corrected chi connectivity index (χ2v) is 5.16. The zero-order valence-corrected chi connectivity index (χ0v) is 11.7. The van der Waals surface area contributed by atoms with Crippen molar-refractivity contribution in [3.05, 3.63) is 40.8 Å². The van der Waals surface area contributed by atoms with Crippen LogP contribution in [0.3, 0.4) is 0 Å². The summed E-state index contributed by atoms with van der Waals surface area (Å²) in [5.41, 5.74) is 5.37. The van der Waals surface area contributed by atoms with Gasteiger partial charge in [0, 0.05) is 11.6 Å². The zero-order chi connectivity index (χ0) is 14.0. The van der Waals surface area contributed by atoms with E-state index in [2.05, 4.69) is 0 Å². The van der Waals surface area contributed by atoms with E-state index in [1.165, 1.54) is 4.57 Å². The van der Waals surface area contributed by atoms with Crippen molar-refractivity contribution in [3.8, 4) is 5.75 Å². The van der Waals surface area contributed by atoms with E-state index in [9.17, 15) is 4.79 Å². The Morgan fingerprint density at radius 3 is 2.79 bits per heavy atom. The van der Waals surface area contributed by atoms with Crippen LogP contribution < -0.4 is 16.0 Å². The molecule has 0 fully saturated rings. The number of pyridine rings is 1. The van der Waals surface area contributed by atoms with E-state index in [1.807, 2.05) is 26.0 Å². The minimum atomic E-state index is -0.0959. The van der Waals surface area contributed by atoms with Gasteiger partial charge in [-0.1, -0.05) is 12.2 Å². The van der Waals surface area contributed by atoms with Crippen LogP contribution >= 0.6 is 12.2 Å². The van der Waals surface area contributed by atoms with Gasteiger partial charge in [0.2, 0.25) is 0 Å². The summed E-state index contributed by atoms with van der Waals surface area (Å²) in [5.74, 6) is 0.758. The normalized spacial score (nSPS) is 10.9. The predicted octanol–water partition coefficient (Wildman–Crippen LogP) is 2.07. The summed E-state index contributed by atoms with van der Waals surface area (Å²) in [6.07, 6.45) is 1.80. The Kier molecular flexibility index (Phi) is 3.85. The number of hydrogen-bond acceptors (Lipinski definition) is 3. The smallest absolute Gasteiger partial charge is 0.258 e. The summed E-state index contributed by atoms with van der Waals surface area (Å²) in [5, 5.41) is 1.48. The highest BCUT2D eigenvalue weighted by molar-refractivity contribution is 7.80. The average Bonchev–Trinajstić information content (AvgIpc) is 2.31. The number of thiocarbonyl (C=S) groups is 1. The number of aromatic nitrogens is 1. The molecule has 19 heavy (non-hydrogen) atoms. The number of rotatable bonds is 4. The molecular formula is C14H16N2O2S. The summed E-state index contributed by atoms with van der Waals surface area (Å²) < 4.78 is 7.11. The van der Waals surface area contributed by atoms with Crippen LogP contribution in [-0.2, 0) is 6.54 Å². The van der Waals surface area contributed by atoms with Crippen LogP contribution in [0, 0.1) is 0 Å². The molecule has 0 radical (unpaired) electrons. The van der Waals surface area contributed by atoms with E-state index in [1.54, 1.807) is 18.3 Å². The lowest BCUT2D eigenvalue weighted by atomic mass is 10.1. The van der Waals surface area contributed by atoms with Gasteiger partial charge in [-0.2, -0.15) is 0 Å². The molecule has 2 N–H and O–H groups in total. The van der Waals surface area contributed by atoms with Gasteiger partial charge in [0.05, 0.1) is 17.6 Å². The molecule has 1 aromatic heterocycles. The third-order valence-electron chi connectivity index (χ3n) is 2.65. The third kappa shape index (κ3) is 3.12. The quantitative estimate of drug-likeness (QED) is 0.869. The Hall–Kier alpha value is -1.88. The molecular weight excluding hydrogens is 260 g/mol. The Balaban J connectivity index is 2.47. The minimum Gasteiger partial charge on any atom is -0.491 e. The largest absolute Gasteiger partial charge is 0.491 e. The molecule has 0 saturated heterocycles. The second-order valence-electron chi connectivity index (χ2n) is 4.63. The number of fused-ring (bicyclic) bond motifs is 1. The maximum Gasteiger partial charge on any atom is 0.258 e. The van der Waals surface area contributed by atoms with Crippen molar-refractivity contribution < 1.29 is 4.74 Å². The first kappa shape index (κ1) is 13.5. The van der Waals surface area contributed by atoms with Gasteiger partial charge in [-0.15, -0.1) is 0 Å². The van der Waals surface area contributed by atoms with Crippen LogP contribution in [0.5, 0.6) is 5.75 Å². The summed E-state index contributed by atoms with van der Waals surface area (Å²) >= 11 is 4.83. The van der Waals surface area contributed by atoms with Crippen LogP contribution in [0.2, 0.25) is 0 Å². The molecule has 5 heteroatoms. The van der Waals surface area contributed by atoms with Crippen molar-refractivity contribution >= 4 is 28.0 Å². The van der Waals surface area contributed by atoms with E-state index in [-0.39, 0.29) is 18.2 Å². The molecule has 1 heterocycles. The molecule has 4 nitrogen and oxygen atoms in total. The topological polar surface area (TPSA) is 57.2 Å². The van der Waals surface area contributed by atoms with Crippen LogP contribution in [0.1, 0.15) is 13.8 Å². The molecule has 0 saturated carbocycles. The molecule has 0 unspecified atom stereocenters. The monoisotopic (exact) mass is 276 g/mol. The Labute approximate surface area is 116 Å². The molecule has 1 aromatic carbocycles. The van der Waals surface area contributed by atoms with Crippen molar-refractivity contribution in [2.75, 3.05) is 0 Å².